The summed E-state index contributed by atoms with van der Waals surface area (Å²) in [6.45, 7) is 0. The smallest absolute Gasteiger partial charge is 0.184 e. The average molecular weight is 265 g/mol. The number of rotatable bonds is 3. The molecule has 1 saturated carbocycles. The van der Waals surface area contributed by atoms with Gasteiger partial charge in [-0.05, 0) is 43.0 Å². The zero-order valence-corrected chi connectivity index (χ0v) is 11.1. The third-order valence-electron chi connectivity index (χ3n) is 3.18. The molecular weight excluding hydrogens is 250 g/mol. The van der Waals surface area contributed by atoms with Crippen molar-refractivity contribution < 1.29 is 0 Å². The second-order valence-electron chi connectivity index (χ2n) is 4.39. The molecule has 3 N–H and O–H groups in total. The third kappa shape index (κ3) is 2.41. The van der Waals surface area contributed by atoms with Crippen LogP contribution in [0.1, 0.15) is 25.7 Å². The van der Waals surface area contributed by atoms with E-state index in [1.807, 2.05) is 12.1 Å². The normalized spacial score (nSPS) is 16.8. The Morgan fingerprint density at radius 2 is 2.18 bits per heavy atom. The van der Waals surface area contributed by atoms with Crippen molar-refractivity contribution in [3.8, 4) is 0 Å². The molecule has 3 nitrogen and oxygen atoms in total. The van der Waals surface area contributed by atoms with Crippen LogP contribution in [0.2, 0.25) is 0 Å². The molecule has 1 aliphatic rings. The van der Waals surface area contributed by atoms with Crippen LogP contribution in [0.25, 0.3) is 10.2 Å². The maximum Gasteiger partial charge on any atom is 0.184 e. The van der Waals surface area contributed by atoms with Gasteiger partial charge in [0.15, 0.2) is 5.13 Å². The predicted molar refractivity (Wildman–Crippen MR) is 75.5 cm³/mol. The molecule has 5 heteroatoms. The van der Waals surface area contributed by atoms with E-state index in [1.54, 1.807) is 11.3 Å². The van der Waals surface area contributed by atoms with Crippen molar-refractivity contribution in [1.82, 2.24) is 4.98 Å². The summed E-state index contributed by atoms with van der Waals surface area (Å²) in [6, 6.07) is 6.80. The first-order valence-corrected chi connectivity index (χ1v) is 7.58. The first kappa shape index (κ1) is 11.3. The molecule has 0 aliphatic heterocycles. The van der Waals surface area contributed by atoms with Crippen LogP contribution in [0.3, 0.4) is 0 Å². The van der Waals surface area contributed by atoms with Gasteiger partial charge in [-0.25, -0.2) is 4.98 Å². The van der Waals surface area contributed by atoms with Gasteiger partial charge in [0.05, 0.1) is 10.2 Å². The number of hydrogen-bond acceptors (Lipinski definition) is 5. The van der Waals surface area contributed by atoms with E-state index < -0.39 is 0 Å². The highest BCUT2D eigenvalue weighted by molar-refractivity contribution is 7.97. The summed E-state index contributed by atoms with van der Waals surface area (Å²) in [4.78, 5) is 5.70. The number of nitrogens with two attached hydrogens (primary N) is 1. The maximum absolute atomic E-state index is 5.56. The molecule has 0 amide bonds. The molecule has 1 aromatic carbocycles. The zero-order valence-electron chi connectivity index (χ0n) is 9.48. The van der Waals surface area contributed by atoms with Crippen LogP contribution >= 0.6 is 23.3 Å². The first-order valence-electron chi connectivity index (χ1n) is 5.89. The Labute approximate surface area is 109 Å². The second kappa shape index (κ2) is 4.84. The van der Waals surface area contributed by atoms with Crippen LogP contribution < -0.4 is 10.5 Å². The highest BCUT2D eigenvalue weighted by atomic mass is 32.2. The van der Waals surface area contributed by atoms with Gasteiger partial charge in [0.2, 0.25) is 0 Å². The number of fused-ring (bicyclic) bond motifs is 1. The largest absolute Gasteiger partial charge is 0.359 e. The van der Waals surface area contributed by atoms with Gasteiger partial charge in [0.1, 0.15) is 0 Å². The quantitative estimate of drug-likeness (QED) is 0.832. The van der Waals surface area contributed by atoms with Crippen molar-refractivity contribution in [3.63, 3.8) is 0 Å². The van der Waals surface area contributed by atoms with E-state index in [0.717, 1.165) is 15.5 Å². The number of anilines is 1. The van der Waals surface area contributed by atoms with Crippen molar-refractivity contribution in [1.29, 1.82) is 0 Å². The molecule has 0 saturated heterocycles. The van der Waals surface area contributed by atoms with Crippen molar-refractivity contribution in [2.75, 3.05) is 5.32 Å². The minimum absolute atomic E-state index is 0.624. The standard InChI is InChI=1S/C12H15N3S2/c13-17-9-5-6-10-11(7-9)16-12(15-10)14-8-3-1-2-4-8/h5-8H,1-4,13H2,(H,14,15). The second-order valence-corrected chi connectivity index (χ2v) is 6.13. The molecule has 17 heavy (non-hydrogen) atoms. The van der Waals surface area contributed by atoms with Crippen LogP contribution in [0.15, 0.2) is 23.1 Å². The molecule has 1 aliphatic carbocycles. The molecule has 1 fully saturated rings. The van der Waals surface area contributed by atoms with Crippen molar-refractivity contribution in [3.05, 3.63) is 18.2 Å². The van der Waals surface area contributed by atoms with Gasteiger partial charge in [0.25, 0.3) is 0 Å². The fourth-order valence-corrected chi connectivity index (χ4v) is 3.67. The maximum atomic E-state index is 5.56. The first-order chi connectivity index (χ1) is 8.35. The van der Waals surface area contributed by atoms with Gasteiger partial charge in [-0.2, -0.15) is 0 Å². The van der Waals surface area contributed by atoms with Crippen LogP contribution in [0.5, 0.6) is 0 Å². The number of nitrogens with one attached hydrogen (secondary N) is 1. The Kier molecular flexibility index (Phi) is 3.22. The Hall–Kier alpha value is -0.780. The van der Waals surface area contributed by atoms with Crippen molar-refractivity contribution in [2.45, 2.75) is 36.6 Å². The lowest BCUT2D eigenvalue weighted by Crippen LogP contribution is -2.13. The summed E-state index contributed by atoms with van der Waals surface area (Å²) < 4.78 is 1.21. The van der Waals surface area contributed by atoms with Crippen LogP contribution in [-0.2, 0) is 0 Å². The Morgan fingerprint density at radius 3 is 2.94 bits per heavy atom. The molecule has 0 spiro atoms. The van der Waals surface area contributed by atoms with E-state index in [9.17, 15) is 0 Å². The predicted octanol–water partition coefficient (Wildman–Crippen LogP) is 3.62. The molecule has 1 aromatic heterocycles. The summed E-state index contributed by atoms with van der Waals surface area (Å²) in [5.41, 5.74) is 1.06. The lowest BCUT2D eigenvalue weighted by atomic mass is 10.3. The van der Waals surface area contributed by atoms with E-state index >= 15 is 0 Å². The minimum atomic E-state index is 0.624. The van der Waals surface area contributed by atoms with Gasteiger partial charge in [-0.3, -0.25) is 5.14 Å². The SMILES string of the molecule is NSc1ccc2nc(NC3CCCC3)sc2c1. The molecule has 1 heterocycles. The summed E-state index contributed by atoms with van der Waals surface area (Å²) >= 11 is 3.01. The third-order valence-corrected chi connectivity index (χ3v) is 4.65. The van der Waals surface area contributed by atoms with Crippen LogP contribution in [0, 0.1) is 0 Å². The van der Waals surface area contributed by atoms with Crippen molar-refractivity contribution >= 4 is 38.6 Å². The van der Waals surface area contributed by atoms with Gasteiger partial charge in [-0.1, -0.05) is 24.2 Å². The number of thiazole rings is 1. The van der Waals surface area contributed by atoms with Crippen molar-refractivity contribution in [2.24, 2.45) is 5.14 Å². The average Bonchev–Trinajstić information content (AvgIpc) is 2.96. The molecule has 3 rings (SSSR count). The van der Waals surface area contributed by atoms with Crippen LogP contribution in [0.4, 0.5) is 5.13 Å². The van der Waals surface area contributed by atoms with Gasteiger partial charge >= 0.3 is 0 Å². The van der Waals surface area contributed by atoms with E-state index in [-0.39, 0.29) is 0 Å². The van der Waals surface area contributed by atoms with E-state index in [1.165, 1.54) is 42.3 Å². The molecule has 0 atom stereocenters. The Bertz CT molecular complexity index is 517. The molecular formula is C12H15N3S2. The van der Waals surface area contributed by atoms with Gasteiger partial charge < -0.3 is 5.32 Å². The highest BCUT2D eigenvalue weighted by Gasteiger charge is 2.16. The number of benzene rings is 1. The Balaban J connectivity index is 1.85. The van der Waals surface area contributed by atoms with E-state index in [2.05, 4.69) is 16.4 Å². The monoisotopic (exact) mass is 265 g/mol. The van der Waals surface area contributed by atoms with E-state index in [0.29, 0.717) is 6.04 Å². The van der Waals surface area contributed by atoms with Gasteiger partial charge in [-0.15, -0.1) is 0 Å². The van der Waals surface area contributed by atoms with E-state index in [4.69, 9.17) is 5.14 Å². The fourth-order valence-electron chi connectivity index (χ4n) is 2.28. The minimum Gasteiger partial charge on any atom is -0.359 e. The molecule has 90 valence electrons. The lowest BCUT2D eigenvalue weighted by molar-refractivity contribution is 0.754. The number of aromatic nitrogens is 1. The molecule has 0 unspecified atom stereocenters. The molecule has 0 bridgehead atoms. The highest BCUT2D eigenvalue weighted by Crippen LogP contribution is 2.31. The van der Waals surface area contributed by atoms with Gasteiger partial charge in [0, 0.05) is 10.9 Å². The van der Waals surface area contributed by atoms with Crippen LogP contribution in [-0.4, -0.2) is 11.0 Å². The fraction of sp³-hybridized carbons (Fsp3) is 0.417. The summed E-state index contributed by atoms with van der Waals surface area (Å²) in [5, 5.41) is 10.1. The topological polar surface area (TPSA) is 50.9 Å². The molecule has 0 radical (unpaired) electrons. The lowest BCUT2D eigenvalue weighted by Gasteiger charge is -2.09. The Morgan fingerprint density at radius 1 is 1.35 bits per heavy atom. The summed E-state index contributed by atoms with van der Waals surface area (Å²) in [7, 11) is 0. The molecule has 2 aromatic rings. The number of nitrogens with zero attached hydrogens (tertiary/aromatic N) is 1. The summed E-state index contributed by atoms with van der Waals surface area (Å²) in [5.74, 6) is 0. The summed E-state index contributed by atoms with van der Waals surface area (Å²) in [6.07, 6.45) is 5.24. The zero-order chi connectivity index (χ0) is 11.7. The number of hydrogen-bond donors (Lipinski definition) is 2.